The summed E-state index contributed by atoms with van der Waals surface area (Å²) in [7, 11) is 1.89. The van der Waals surface area contributed by atoms with Crippen LogP contribution in [-0.4, -0.2) is 47.1 Å². The van der Waals surface area contributed by atoms with Gasteiger partial charge in [-0.25, -0.2) is 9.97 Å². The number of nitrogen functional groups attached to an aromatic ring is 1. The molecule has 0 bridgehead atoms. The Kier molecular flexibility index (Phi) is 7.90. The highest BCUT2D eigenvalue weighted by molar-refractivity contribution is 5.90. The third-order valence-electron chi connectivity index (χ3n) is 8.34. The van der Waals surface area contributed by atoms with Gasteiger partial charge in [-0.15, -0.1) is 0 Å². The lowest BCUT2D eigenvalue weighted by molar-refractivity contribution is -0.138. The first-order valence-corrected chi connectivity index (χ1v) is 13.9. The van der Waals surface area contributed by atoms with Crippen LogP contribution in [0.3, 0.4) is 0 Å². The summed E-state index contributed by atoms with van der Waals surface area (Å²) in [6.07, 6.45) is -0.0994. The van der Waals surface area contributed by atoms with E-state index in [4.69, 9.17) is 10.5 Å². The van der Waals surface area contributed by atoms with E-state index in [1.165, 1.54) is 0 Å². The van der Waals surface area contributed by atoms with Gasteiger partial charge in [0.2, 0.25) is 5.91 Å². The Morgan fingerprint density at radius 1 is 1.10 bits per heavy atom. The van der Waals surface area contributed by atoms with E-state index in [0.717, 1.165) is 60.7 Å². The molecule has 0 spiro atoms. The van der Waals surface area contributed by atoms with Crippen LogP contribution in [0.25, 0.3) is 10.9 Å². The van der Waals surface area contributed by atoms with Gasteiger partial charge in [0.25, 0.3) is 0 Å². The molecule has 1 aliphatic carbocycles. The van der Waals surface area contributed by atoms with Crippen LogP contribution in [0.4, 0.5) is 24.7 Å². The van der Waals surface area contributed by atoms with Crippen molar-refractivity contribution in [2.45, 2.75) is 70.1 Å². The highest BCUT2D eigenvalue weighted by Crippen LogP contribution is 2.39. The molecule has 3 aromatic rings. The molecular formula is C30H36F3N5O2. The number of aryl methyl sites for hydroxylation is 1. The average molecular weight is 556 g/mol. The first-order valence-electron chi connectivity index (χ1n) is 13.9. The van der Waals surface area contributed by atoms with Crippen molar-refractivity contribution in [2.24, 2.45) is 5.92 Å². The summed E-state index contributed by atoms with van der Waals surface area (Å²) >= 11 is 0. The van der Waals surface area contributed by atoms with Crippen molar-refractivity contribution in [1.82, 2.24) is 14.9 Å². The van der Waals surface area contributed by atoms with E-state index in [-0.39, 0.29) is 23.6 Å². The minimum Gasteiger partial charge on any atom is -0.399 e. The number of rotatable bonds is 6. The average Bonchev–Trinajstić information content (AvgIpc) is 3.46. The molecule has 1 aromatic heterocycles. The van der Waals surface area contributed by atoms with Gasteiger partial charge in [-0.1, -0.05) is 6.07 Å². The molecule has 1 saturated heterocycles. The molecule has 5 rings (SSSR count). The van der Waals surface area contributed by atoms with Gasteiger partial charge >= 0.3 is 6.18 Å². The Morgan fingerprint density at radius 3 is 2.52 bits per heavy atom. The largest absolute Gasteiger partial charge is 0.416 e. The molecular weight excluding hydrogens is 519 g/mol. The van der Waals surface area contributed by atoms with Crippen LogP contribution in [0.15, 0.2) is 36.4 Å². The molecule has 2 heterocycles. The summed E-state index contributed by atoms with van der Waals surface area (Å²) in [6, 6.07) is 9.45. The molecule has 40 heavy (non-hydrogen) atoms. The van der Waals surface area contributed by atoms with Gasteiger partial charge in [0.1, 0.15) is 11.6 Å². The number of fused-ring (bicyclic) bond motifs is 1. The normalized spacial score (nSPS) is 22.3. The van der Waals surface area contributed by atoms with Crippen LogP contribution in [0.5, 0.6) is 0 Å². The number of anilines is 2. The van der Waals surface area contributed by atoms with Crippen LogP contribution in [0.1, 0.15) is 73.5 Å². The van der Waals surface area contributed by atoms with Gasteiger partial charge in [0.05, 0.1) is 29.8 Å². The van der Waals surface area contributed by atoms with Gasteiger partial charge in [-0.05, 0) is 93.3 Å². The minimum atomic E-state index is -4.49. The summed E-state index contributed by atoms with van der Waals surface area (Å²) in [6.45, 7) is 4.91. The van der Waals surface area contributed by atoms with E-state index in [9.17, 15) is 18.0 Å². The Labute approximate surface area is 232 Å². The second-order valence-corrected chi connectivity index (χ2v) is 11.2. The Morgan fingerprint density at radius 2 is 1.85 bits per heavy atom. The second-order valence-electron chi connectivity index (χ2n) is 11.2. The molecule has 3 N–H and O–H groups in total. The van der Waals surface area contributed by atoms with Crippen LogP contribution in [0, 0.1) is 12.8 Å². The van der Waals surface area contributed by atoms with Gasteiger partial charge in [-0.3, -0.25) is 4.79 Å². The van der Waals surface area contributed by atoms with Crippen molar-refractivity contribution in [3.63, 3.8) is 0 Å². The van der Waals surface area contributed by atoms with Crippen molar-refractivity contribution >= 4 is 28.3 Å². The monoisotopic (exact) mass is 555 g/mol. The molecule has 0 radical (unpaired) electrons. The fraction of sp³-hybridized carbons (Fsp3) is 0.500. The third-order valence-corrected chi connectivity index (χ3v) is 8.34. The Bertz CT molecular complexity index is 1380. The van der Waals surface area contributed by atoms with E-state index in [1.54, 1.807) is 19.9 Å². The summed E-state index contributed by atoms with van der Waals surface area (Å²) < 4.78 is 45.6. The number of ether oxygens (including phenoxy) is 1. The number of nitrogens with one attached hydrogen (secondary N) is 1. The van der Waals surface area contributed by atoms with Crippen LogP contribution in [0.2, 0.25) is 0 Å². The van der Waals surface area contributed by atoms with Gasteiger partial charge in [0.15, 0.2) is 0 Å². The number of benzene rings is 2. The van der Waals surface area contributed by atoms with Gasteiger partial charge in [0, 0.05) is 30.6 Å². The second kappa shape index (κ2) is 11.2. The van der Waals surface area contributed by atoms with Crippen molar-refractivity contribution in [3.8, 4) is 0 Å². The SMILES string of the molecule is Cc1nc(N[C@@H](C)c2cc(N)cc(C(F)(F)F)c2)c2cc(C3CCC(C(=O)N(C)[C@H]4CCOC4)CC3)ccc2n1. The fourth-order valence-electron chi connectivity index (χ4n) is 5.97. The maximum Gasteiger partial charge on any atom is 0.416 e. The van der Waals surface area contributed by atoms with Crippen molar-refractivity contribution in [1.29, 1.82) is 0 Å². The van der Waals surface area contributed by atoms with Crippen LogP contribution in [-0.2, 0) is 15.7 Å². The maximum absolute atomic E-state index is 13.4. The Hall–Kier alpha value is -3.40. The molecule has 1 saturated carbocycles. The number of amides is 1. The predicted octanol–water partition coefficient (Wildman–Crippen LogP) is 6.23. The number of hydrogen-bond donors (Lipinski definition) is 2. The van der Waals surface area contributed by atoms with E-state index in [1.807, 2.05) is 18.0 Å². The topological polar surface area (TPSA) is 93.4 Å². The van der Waals surface area contributed by atoms with Gasteiger partial charge in [-0.2, -0.15) is 13.2 Å². The highest BCUT2D eigenvalue weighted by Gasteiger charge is 2.33. The number of halogens is 3. The van der Waals surface area contributed by atoms with Gasteiger partial charge < -0.3 is 20.7 Å². The van der Waals surface area contributed by atoms with Crippen molar-refractivity contribution < 1.29 is 22.7 Å². The molecule has 2 aromatic carbocycles. The molecule has 2 atom stereocenters. The first-order chi connectivity index (χ1) is 19.0. The standard InChI is InChI=1S/C30H36F3N5O2/c1-17(22-12-23(30(31,32)33)15-24(34)13-22)35-28-26-14-21(8-9-27(26)36-18(2)37-28)19-4-6-20(7-5-19)29(39)38(3)25-10-11-40-16-25/h8-9,12-15,17,19-20,25H,4-7,10-11,16,34H2,1-3H3,(H,35,36,37)/t17-,19?,20?,25-/m0/s1. The molecule has 2 fully saturated rings. The number of likely N-dealkylation sites (N-methyl/N-ethyl adjacent to an activating group) is 1. The van der Waals surface area contributed by atoms with E-state index in [2.05, 4.69) is 27.4 Å². The van der Waals surface area contributed by atoms with Crippen molar-refractivity contribution in [2.75, 3.05) is 31.3 Å². The zero-order valence-electron chi connectivity index (χ0n) is 23.1. The summed E-state index contributed by atoms with van der Waals surface area (Å²) in [5.74, 6) is 1.69. The lowest BCUT2D eigenvalue weighted by Crippen LogP contribution is -2.41. The zero-order valence-corrected chi connectivity index (χ0v) is 23.1. The quantitative estimate of drug-likeness (QED) is 0.350. The fourth-order valence-corrected chi connectivity index (χ4v) is 5.97. The summed E-state index contributed by atoms with van der Waals surface area (Å²) in [5.41, 5.74) is 7.42. The number of nitrogens with zero attached hydrogens (tertiary/aromatic N) is 3. The minimum absolute atomic E-state index is 0.0336. The molecule has 0 unspecified atom stereocenters. The molecule has 1 amide bonds. The summed E-state index contributed by atoms with van der Waals surface area (Å²) in [5, 5.41) is 4.12. The maximum atomic E-state index is 13.4. The molecule has 10 heteroatoms. The molecule has 7 nitrogen and oxygen atoms in total. The number of hydrogen-bond acceptors (Lipinski definition) is 6. The van der Waals surface area contributed by atoms with Crippen LogP contribution >= 0.6 is 0 Å². The van der Waals surface area contributed by atoms with Crippen molar-refractivity contribution in [3.05, 3.63) is 58.9 Å². The predicted molar refractivity (Wildman–Crippen MR) is 149 cm³/mol. The lowest BCUT2D eigenvalue weighted by atomic mass is 9.78. The smallest absolute Gasteiger partial charge is 0.399 e. The van der Waals surface area contributed by atoms with E-state index in [0.29, 0.717) is 36.3 Å². The van der Waals surface area contributed by atoms with E-state index >= 15 is 0 Å². The Balaban J connectivity index is 1.33. The molecule has 214 valence electrons. The number of alkyl halides is 3. The third kappa shape index (κ3) is 6.01. The number of nitrogens with two attached hydrogens (primary N) is 1. The number of aromatic nitrogens is 2. The zero-order chi connectivity index (χ0) is 28.6. The molecule has 2 aliphatic rings. The number of carbonyl (C=O) groups excluding carboxylic acids is 1. The van der Waals surface area contributed by atoms with E-state index < -0.39 is 17.8 Å². The molecule has 1 aliphatic heterocycles. The first kappa shape index (κ1) is 28.1. The summed E-state index contributed by atoms with van der Waals surface area (Å²) in [4.78, 5) is 24.1. The lowest BCUT2D eigenvalue weighted by Gasteiger charge is -2.33. The highest BCUT2D eigenvalue weighted by atomic mass is 19.4. The number of carbonyl (C=O) groups is 1. The van der Waals surface area contributed by atoms with Crippen LogP contribution < -0.4 is 11.1 Å².